The minimum Gasteiger partial charge on any atom is -0.481 e. The van der Waals surface area contributed by atoms with Crippen LogP contribution in [-0.2, 0) is 19.1 Å². The van der Waals surface area contributed by atoms with Crippen LogP contribution in [0.15, 0.2) is 16.8 Å². The van der Waals surface area contributed by atoms with Crippen LogP contribution < -0.4 is 5.32 Å². The second-order valence-electron chi connectivity index (χ2n) is 18.9. The molecule has 1 amide bonds. The predicted octanol–water partition coefficient (Wildman–Crippen LogP) is 5.49. The Kier molecular flexibility index (Phi) is 9.56. The third-order valence-corrected chi connectivity index (χ3v) is 15.8. The van der Waals surface area contributed by atoms with Crippen molar-refractivity contribution >= 4 is 11.9 Å². The first-order valence-corrected chi connectivity index (χ1v) is 18.8. The number of hydrogen-bond donors (Lipinski definition) is 5. The van der Waals surface area contributed by atoms with Gasteiger partial charge in [0.05, 0.1) is 18.1 Å². The first kappa shape index (κ1) is 37.5. The monoisotopic (exact) mass is 700 g/mol. The van der Waals surface area contributed by atoms with Gasteiger partial charge in [0.1, 0.15) is 30.9 Å². The van der Waals surface area contributed by atoms with Crippen LogP contribution in [0.1, 0.15) is 113 Å². The molecule has 6 rings (SSSR count). The Morgan fingerprint density at radius 2 is 1.70 bits per heavy atom. The Balaban J connectivity index is 1.28. The molecule has 5 N–H and O–H groups in total. The summed E-state index contributed by atoms with van der Waals surface area (Å²) in [5.74, 6) is -0.481. The van der Waals surface area contributed by atoms with E-state index in [0.29, 0.717) is 11.8 Å². The molecule has 0 spiro atoms. The summed E-state index contributed by atoms with van der Waals surface area (Å²) in [6.45, 7) is 15.5. The molecule has 5 fully saturated rings. The molecule has 1 heterocycles. The number of aliphatic carboxylic acids is 1. The Bertz CT molecular complexity index is 1450. The number of ether oxygens (including phenoxy) is 2. The normalized spacial score (nSPS) is 47.6. The van der Waals surface area contributed by atoms with E-state index in [1.165, 1.54) is 5.57 Å². The zero-order chi connectivity index (χ0) is 36.7. The van der Waals surface area contributed by atoms with Crippen LogP contribution in [0.2, 0.25) is 0 Å². The summed E-state index contributed by atoms with van der Waals surface area (Å²) in [6.07, 6.45) is 5.90. The van der Waals surface area contributed by atoms with Crippen LogP contribution in [-0.4, -0.2) is 82.2 Å². The highest BCUT2D eigenvalue weighted by Crippen LogP contribution is 2.76. The van der Waals surface area contributed by atoms with Gasteiger partial charge in [-0.1, -0.05) is 65.2 Å². The average molecular weight is 701 g/mol. The number of hydrogen-bond acceptors (Lipinski definition) is 8. The Labute approximate surface area is 296 Å². The van der Waals surface area contributed by atoms with Gasteiger partial charge in [-0.25, -0.2) is 0 Å². The molecule has 0 aromatic carbocycles. The summed E-state index contributed by atoms with van der Waals surface area (Å²) in [6, 6.07) is -1.14. The van der Waals surface area contributed by atoms with Crippen LogP contribution in [0.25, 0.3) is 10.4 Å². The molecule has 1 aliphatic heterocycles. The van der Waals surface area contributed by atoms with Crippen LogP contribution in [0.4, 0.5) is 0 Å². The molecular formula is C38H60N4O8. The molecule has 6 aliphatic rings. The Hall–Kier alpha value is -2.21. The van der Waals surface area contributed by atoms with E-state index in [1.54, 1.807) is 0 Å². The van der Waals surface area contributed by atoms with Crippen molar-refractivity contribution in [1.29, 1.82) is 0 Å². The standard InChI is InChI=1S/C38H60N4O8/c1-33(2)14-16-38(32(47)48)17-15-36(6)21(22(38)18-33)8-9-25-35(5)12-11-26(34(3,4)24(35)10-13-37(25,36)7)50-31-28(41-27(44)19-40-42-39)30(46)29(45)23(20-43)49-31/h8,22-26,28-31,43,45-46H,9-20H2,1-7H3,(H,41,44)(H,47,48)/t22-,23+,24-,25+,26-,28+,29+,30+,31-,35-,36+,37+,38-/m0/s1. The van der Waals surface area contributed by atoms with Crippen LogP contribution >= 0.6 is 0 Å². The summed E-state index contributed by atoms with van der Waals surface area (Å²) < 4.78 is 12.7. The smallest absolute Gasteiger partial charge is 0.310 e. The number of carbonyl (C=O) groups excluding carboxylic acids is 1. The number of fused-ring (bicyclic) bond motifs is 7. The summed E-state index contributed by atoms with van der Waals surface area (Å²) in [5, 5.41) is 48.2. The van der Waals surface area contributed by atoms with E-state index in [9.17, 15) is 30.0 Å². The van der Waals surface area contributed by atoms with Gasteiger partial charge in [-0.3, -0.25) is 9.59 Å². The topological polar surface area (TPSA) is 194 Å². The summed E-state index contributed by atoms with van der Waals surface area (Å²) in [4.78, 5) is 28.2. The molecule has 0 bridgehead atoms. The van der Waals surface area contributed by atoms with E-state index in [-0.39, 0.29) is 39.1 Å². The molecule has 50 heavy (non-hydrogen) atoms. The quantitative estimate of drug-likeness (QED) is 0.0756. The Morgan fingerprint density at radius 1 is 1.00 bits per heavy atom. The number of carboxylic acid groups (broad SMARTS) is 1. The lowest BCUT2D eigenvalue weighted by molar-refractivity contribution is -0.306. The van der Waals surface area contributed by atoms with E-state index >= 15 is 0 Å². The van der Waals surface area contributed by atoms with Crippen molar-refractivity contribution in [1.82, 2.24) is 5.32 Å². The number of carboxylic acids is 1. The van der Waals surface area contributed by atoms with Crippen LogP contribution in [0.5, 0.6) is 0 Å². The largest absolute Gasteiger partial charge is 0.481 e. The molecule has 280 valence electrons. The van der Waals surface area contributed by atoms with Crippen molar-refractivity contribution in [3.63, 3.8) is 0 Å². The number of rotatable bonds is 7. The van der Waals surface area contributed by atoms with E-state index in [2.05, 4.69) is 69.9 Å². The predicted molar refractivity (Wildman–Crippen MR) is 185 cm³/mol. The molecule has 12 heteroatoms. The highest BCUT2D eigenvalue weighted by atomic mass is 16.7. The average Bonchev–Trinajstić information content (AvgIpc) is 3.04. The lowest BCUT2D eigenvalue weighted by atomic mass is 9.33. The first-order chi connectivity index (χ1) is 23.3. The third kappa shape index (κ3) is 5.54. The number of aliphatic hydroxyl groups excluding tert-OH is 3. The van der Waals surface area contributed by atoms with Crippen molar-refractivity contribution in [2.45, 2.75) is 149 Å². The Morgan fingerprint density at radius 3 is 2.36 bits per heavy atom. The zero-order valence-corrected chi connectivity index (χ0v) is 31.0. The second-order valence-corrected chi connectivity index (χ2v) is 18.9. The molecule has 5 aliphatic carbocycles. The zero-order valence-electron chi connectivity index (χ0n) is 31.0. The highest BCUT2D eigenvalue weighted by Gasteiger charge is 2.69. The fourth-order valence-electron chi connectivity index (χ4n) is 12.7. The lowest BCUT2D eigenvalue weighted by Gasteiger charge is -2.71. The van der Waals surface area contributed by atoms with E-state index in [4.69, 9.17) is 15.0 Å². The molecule has 13 atom stereocenters. The van der Waals surface area contributed by atoms with E-state index in [0.717, 1.165) is 64.2 Å². The fraction of sp³-hybridized carbons (Fsp3) is 0.895. The van der Waals surface area contributed by atoms with E-state index in [1.807, 2.05) is 0 Å². The van der Waals surface area contributed by atoms with Crippen molar-refractivity contribution < 1.29 is 39.5 Å². The van der Waals surface area contributed by atoms with Gasteiger partial charge in [0, 0.05) is 4.91 Å². The van der Waals surface area contributed by atoms with Gasteiger partial charge in [0.2, 0.25) is 5.91 Å². The number of aliphatic hydroxyl groups is 3. The number of nitrogens with one attached hydrogen (secondary N) is 1. The SMILES string of the molecule is CC1(C)CC[C@]2(C(=O)O)CC[C@]3(C)C(=CC[C@@H]4[C@@]5(C)CC[C@H](O[C@@H]6O[C@H](CO)[C@@H](O)[C@H](O)[C@H]6NC(=O)CN=[N+]=[N-])C(C)(C)[C@@H]5CC[C@]43C)[C@@H]2C1. The molecule has 0 aromatic heterocycles. The lowest BCUT2D eigenvalue weighted by Crippen LogP contribution is -2.67. The van der Waals surface area contributed by atoms with Gasteiger partial charge in [0.25, 0.3) is 0 Å². The molecule has 0 aromatic rings. The molecule has 4 saturated carbocycles. The van der Waals surface area contributed by atoms with Gasteiger partial charge in [0.15, 0.2) is 6.29 Å². The highest BCUT2D eigenvalue weighted by molar-refractivity contribution is 5.78. The minimum atomic E-state index is -1.47. The van der Waals surface area contributed by atoms with Crippen molar-refractivity contribution in [2.24, 2.45) is 55.4 Å². The van der Waals surface area contributed by atoms with E-state index < -0.39 is 61.1 Å². The maximum atomic E-state index is 13.0. The number of allylic oxidation sites excluding steroid dienone is 2. The van der Waals surface area contributed by atoms with Gasteiger partial charge in [-0.15, -0.1) is 0 Å². The molecular weight excluding hydrogens is 640 g/mol. The molecule has 0 unspecified atom stereocenters. The second kappa shape index (κ2) is 12.7. The maximum absolute atomic E-state index is 13.0. The van der Waals surface area contributed by atoms with Crippen LogP contribution in [0.3, 0.4) is 0 Å². The third-order valence-electron chi connectivity index (χ3n) is 15.8. The number of carbonyl (C=O) groups is 2. The molecule has 0 radical (unpaired) electrons. The summed E-state index contributed by atoms with van der Waals surface area (Å²) in [7, 11) is 0. The maximum Gasteiger partial charge on any atom is 0.310 e. The fourth-order valence-corrected chi connectivity index (χ4v) is 12.7. The van der Waals surface area contributed by atoms with Gasteiger partial charge in [-0.2, -0.15) is 0 Å². The molecule has 12 nitrogen and oxygen atoms in total. The van der Waals surface area contributed by atoms with Crippen LogP contribution in [0, 0.1) is 50.2 Å². The van der Waals surface area contributed by atoms with Gasteiger partial charge < -0.3 is 35.2 Å². The number of nitrogens with zero attached hydrogens (tertiary/aromatic N) is 3. The first-order valence-electron chi connectivity index (χ1n) is 18.8. The summed E-state index contributed by atoms with van der Waals surface area (Å²) in [5.41, 5.74) is 9.14. The number of azide groups is 1. The van der Waals surface area contributed by atoms with Crippen molar-refractivity contribution in [3.05, 3.63) is 22.1 Å². The van der Waals surface area contributed by atoms with Gasteiger partial charge >= 0.3 is 5.97 Å². The van der Waals surface area contributed by atoms with Gasteiger partial charge in [-0.05, 0) is 115 Å². The van der Waals surface area contributed by atoms with Crippen molar-refractivity contribution in [2.75, 3.05) is 13.2 Å². The minimum absolute atomic E-state index is 0.00571. The molecule has 1 saturated heterocycles. The van der Waals surface area contributed by atoms with Crippen molar-refractivity contribution in [3.8, 4) is 0 Å². The summed E-state index contributed by atoms with van der Waals surface area (Å²) >= 11 is 0. The number of amides is 1.